The van der Waals surface area contributed by atoms with Gasteiger partial charge in [0.15, 0.2) is 0 Å². The fraction of sp³-hybridized carbons (Fsp3) is 0.533. The lowest BCUT2D eigenvalue weighted by Crippen LogP contribution is -2.56. The Bertz CT molecular complexity index is 513. The summed E-state index contributed by atoms with van der Waals surface area (Å²) in [4.78, 5) is 15.9. The quantitative estimate of drug-likeness (QED) is 0.915. The summed E-state index contributed by atoms with van der Waals surface area (Å²) >= 11 is 0. The standard InChI is InChI=1S/C15H21FN2O2/c1-11-4-5-12(10-13(11)16)15(2,14(19)20)18-8-6-17(3)7-9-18/h4-5,10H,6-9H2,1-3H3,(H,19,20). The van der Waals surface area contributed by atoms with E-state index in [4.69, 9.17) is 0 Å². The first-order valence-electron chi connectivity index (χ1n) is 6.79. The van der Waals surface area contributed by atoms with E-state index in [9.17, 15) is 14.3 Å². The van der Waals surface area contributed by atoms with E-state index in [0.717, 1.165) is 13.1 Å². The van der Waals surface area contributed by atoms with Crippen LogP contribution in [0.25, 0.3) is 0 Å². The van der Waals surface area contributed by atoms with Crippen molar-refractivity contribution in [2.45, 2.75) is 19.4 Å². The molecule has 1 N–H and O–H groups in total. The van der Waals surface area contributed by atoms with Crippen LogP contribution in [0.5, 0.6) is 0 Å². The molecule has 0 bridgehead atoms. The molecule has 0 radical (unpaired) electrons. The molecule has 4 nitrogen and oxygen atoms in total. The van der Waals surface area contributed by atoms with Crippen molar-refractivity contribution in [1.82, 2.24) is 9.80 Å². The van der Waals surface area contributed by atoms with E-state index in [2.05, 4.69) is 4.90 Å². The third-order valence-corrected chi connectivity index (χ3v) is 4.29. The largest absolute Gasteiger partial charge is 0.480 e. The maximum Gasteiger partial charge on any atom is 0.328 e. The predicted octanol–water partition coefficient (Wildman–Crippen LogP) is 1.68. The van der Waals surface area contributed by atoms with Crippen LogP contribution < -0.4 is 0 Å². The normalized spacial score (nSPS) is 20.6. The molecule has 0 saturated carbocycles. The van der Waals surface area contributed by atoms with E-state index in [0.29, 0.717) is 24.2 Å². The van der Waals surface area contributed by atoms with Gasteiger partial charge in [-0.25, -0.2) is 9.18 Å². The molecule has 1 aromatic carbocycles. The van der Waals surface area contributed by atoms with Gasteiger partial charge in [-0.2, -0.15) is 0 Å². The molecule has 0 spiro atoms. The second kappa shape index (κ2) is 5.50. The Balaban J connectivity index is 2.38. The van der Waals surface area contributed by atoms with Crippen LogP contribution in [-0.4, -0.2) is 54.1 Å². The second-order valence-corrected chi connectivity index (χ2v) is 5.63. The first-order chi connectivity index (χ1) is 9.35. The Kier molecular flexibility index (Phi) is 4.11. The average molecular weight is 280 g/mol. The van der Waals surface area contributed by atoms with Crippen LogP contribution in [0.15, 0.2) is 18.2 Å². The van der Waals surface area contributed by atoms with Crippen molar-refractivity contribution in [2.24, 2.45) is 0 Å². The topological polar surface area (TPSA) is 43.8 Å². The van der Waals surface area contributed by atoms with Crippen LogP contribution in [0.4, 0.5) is 4.39 Å². The van der Waals surface area contributed by atoms with Crippen LogP contribution in [0.3, 0.4) is 0 Å². The lowest BCUT2D eigenvalue weighted by Gasteiger charge is -2.42. The number of hydrogen-bond acceptors (Lipinski definition) is 3. The van der Waals surface area contributed by atoms with E-state index < -0.39 is 11.5 Å². The number of carboxylic acids is 1. The molecule has 2 rings (SSSR count). The van der Waals surface area contributed by atoms with Crippen LogP contribution in [0.2, 0.25) is 0 Å². The van der Waals surface area contributed by atoms with Crippen LogP contribution in [0, 0.1) is 12.7 Å². The van der Waals surface area contributed by atoms with Gasteiger partial charge in [-0.15, -0.1) is 0 Å². The molecule has 1 unspecified atom stereocenters. The number of aryl methyl sites for hydroxylation is 1. The highest BCUT2D eigenvalue weighted by Crippen LogP contribution is 2.30. The zero-order valence-electron chi connectivity index (χ0n) is 12.2. The number of nitrogens with zero attached hydrogens (tertiary/aromatic N) is 2. The molecule has 1 heterocycles. The fourth-order valence-electron chi connectivity index (χ4n) is 2.59. The molecule has 5 heteroatoms. The molecule has 1 aromatic rings. The molecule has 110 valence electrons. The van der Waals surface area contributed by atoms with E-state index in [1.807, 2.05) is 11.9 Å². The molecular weight excluding hydrogens is 259 g/mol. The zero-order chi connectivity index (χ0) is 14.9. The van der Waals surface area contributed by atoms with E-state index in [1.54, 1.807) is 26.0 Å². The number of aliphatic carboxylic acids is 1. The summed E-state index contributed by atoms with van der Waals surface area (Å²) in [7, 11) is 2.01. The highest BCUT2D eigenvalue weighted by molar-refractivity contribution is 5.80. The van der Waals surface area contributed by atoms with Gasteiger partial charge < -0.3 is 10.0 Å². The highest BCUT2D eigenvalue weighted by Gasteiger charge is 2.42. The SMILES string of the molecule is Cc1ccc(C(C)(C(=O)O)N2CCN(C)CC2)cc1F. The molecule has 1 atom stereocenters. The Hall–Kier alpha value is -1.46. The molecular formula is C15H21FN2O2. The molecule has 0 aliphatic carbocycles. The second-order valence-electron chi connectivity index (χ2n) is 5.63. The Morgan fingerprint density at radius 3 is 2.40 bits per heavy atom. The summed E-state index contributed by atoms with van der Waals surface area (Å²) in [6.07, 6.45) is 0. The van der Waals surface area contributed by atoms with Crippen molar-refractivity contribution in [3.8, 4) is 0 Å². The van der Waals surface area contributed by atoms with Crippen molar-refractivity contribution in [3.05, 3.63) is 35.1 Å². The maximum absolute atomic E-state index is 13.8. The molecule has 1 fully saturated rings. The fourth-order valence-corrected chi connectivity index (χ4v) is 2.59. The van der Waals surface area contributed by atoms with Gasteiger partial charge in [-0.3, -0.25) is 4.90 Å². The summed E-state index contributed by atoms with van der Waals surface area (Å²) in [6.45, 7) is 6.29. The van der Waals surface area contributed by atoms with Gasteiger partial charge >= 0.3 is 5.97 Å². The molecule has 0 aromatic heterocycles. The molecule has 1 aliphatic rings. The number of piperazine rings is 1. The zero-order valence-corrected chi connectivity index (χ0v) is 12.2. The summed E-state index contributed by atoms with van der Waals surface area (Å²) in [5.41, 5.74) is -0.159. The molecule has 1 aliphatic heterocycles. The monoisotopic (exact) mass is 280 g/mol. The minimum absolute atomic E-state index is 0.357. The van der Waals surface area contributed by atoms with Crippen LogP contribution in [-0.2, 0) is 10.3 Å². The van der Waals surface area contributed by atoms with Gasteiger partial charge in [-0.05, 0) is 38.1 Å². The number of carbonyl (C=O) groups is 1. The predicted molar refractivity (Wildman–Crippen MR) is 75.2 cm³/mol. The van der Waals surface area contributed by atoms with Crippen LogP contribution in [0.1, 0.15) is 18.1 Å². The Morgan fingerprint density at radius 2 is 1.90 bits per heavy atom. The lowest BCUT2D eigenvalue weighted by molar-refractivity contribution is -0.152. The van der Waals surface area contributed by atoms with Gasteiger partial charge in [0.05, 0.1) is 0 Å². The average Bonchev–Trinajstić information content (AvgIpc) is 2.41. The van der Waals surface area contributed by atoms with E-state index >= 15 is 0 Å². The van der Waals surface area contributed by atoms with Gasteiger partial charge in [0.1, 0.15) is 11.4 Å². The van der Waals surface area contributed by atoms with E-state index in [1.165, 1.54) is 6.07 Å². The summed E-state index contributed by atoms with van der Waals surface area (Å²) in [5.74, 6) is -1.30. The smallest absolute Gasteiger partial charge is 0.328 e. The molecule has 20 heavy (non-hydrogen) atoms. The number of likely N-dealkylation sites (N-methyl/N-ethyl adjacent to an activating group) is 1. The number of rotatable bonds is 3. The van der Waals surface area contributed by atoms with Crippen molar-refractivity contribution < 1.29 is 14.3 Å². The van der Waals surface area contributed by atoms with Gasteiger partial charge in [-0.1, -0.05) is 12.1 Å². The molecule has 0 amide bonds. The van der Waals surface area contributed by atoms with Crippen molar-refractivity contribution >= 4 is 5.97 Å². The lowest BCUT2D eigenvalue weighted by atomic mass is 9.88. The van der Waals surface area contributed by atoms with E-state index in [-0.39, 0.29) is 5.82 Å². The van der Waals surface area contributed by atoms with Crippen molar-refractivity contribution in [1.29, 1.82) is 0 Å². The first kappa shape index (κ1) is 14.9. The summed E-state index contributed by atoms with van der Waals surface area (Å²) < 4.78 is 13.8. The third kappa shape index (κ3) is 2.55. The Morgan fingerprint density at radius 1 is 1.30 bits per heavy atom. The first-order valence-corrected chi connectivity index (χ1v) is 6.79. The number of benzene rings is 1. The summed E-state index contributed by atoms with van der Waals surface area (Å²) in [6, 6.07) is 4.70. The van der Waals surface area contributed by atoms with Crippen molar-refractivity contribution in [2.75, 3.05) is 33.2 Å². The van der Waals surface area contributed by atoms with Crippen LogP contribution >= 0.6 is 0 Å². The maximum atomic E-state index is 13.8. The van der Waals surface area contributed by atoms with Crippen molar-refractivity contribution in [3.63, 3.8) is 0 Å². The van der Waals surface area contributed by atoms with Gasteiger partial charge in [0.25, 0.3) is 0 Å². The highest BCUT2D eigenvalue weighted by atomic mass is 19.1. The minimum Gasteiger partial charge on any atom is -0.480 e. The van der Waals surface area contributed by atoms with Gasteiger partial charge in [0, 0.05) is 26.2 Å². The van der Waals surface area contributed by atoms with Gasteiger partial charge in [0.2, 0.25) is 0 Å². The summed E-state index contributed by atoms with van der Waals surface area (Å²) in [5, 5.41) is 9.69. The minimum atomic E-state index is -1.18. The number of hydrogen-bond donors (Lipinski definition) is 1. The molecule has 1 saturated heterocycles. The number of carboxylic acid groups (broad SMARTS) is 1. The Labute approximate surface area is 118 Å². The third-order valence-electron chi connectivity index (χ3n) is 4.29. The number of halogens is 1.